The van der Waals surface area contributed by atoms with Crippen molar-refractivity contribution in [3.63, 3.8) is 0 Å². The third-order valence-electron chi connectivity index (χ3n) is 3.56. The molecule has 2 unspecified atom stereocenters. The second-order valence-corrected chi connectivity index (χ2v) is 5.32. The van der Waals surface area contributed by atoms with E-state index in [1.165, 1.54) is 6.07 Å². The van der Waals surface area contributed by atoms with Crippen molar-refractivity contribution >= 4 is 11.6 Å². The van der Waals surface area contributed by atoms with Crippen LogP contribution in [0.2, 0.25) is 5.02 Å². The molecule has 0 heterocycles. The van der Waals surface area contributed by atoms with Gasteiger partial charge in [0.15, 0.2) is 0 Å². The van der Waals surface area contributed by atoms with Gasteiger partial charge < -0.3 is 10.1 Å². The molecule has 0 aliphatic carbocycles. The van der Waals surface area contributed by atoms with Crippen LogP contribution >= 0.6 is 11.6 Å². The maximum atomic E-state index is 13.6. The van der Waals surface area contributed by atoms with Crippen LogP contribution in [0.3, 0.4) is 0 Å². The molecule has 0 saturated carbocycles. The number of benzene rings is 2. The summed E-state index contributed by atoms with van der Waals surface area (Å²) in [6.07, 6.45) is 0.549. The summed E-state index contributed by atoms with van der Waals surface area (Å²) >= 11 is 5.72. The Hall–Kier alpha value is -1.42. The van der Waals surface area contributed by atoms with Crippen LogP contribution in [0.15, 0.2) is 48.5 Å². The van der Waals surface area contributed by atoms with Gasteiger partial charge in [-0.15, -0.1) is 0 Å². The molecule has 21 heavy (non-hydrogen) atoms. The first kappa shape index (κ1) is 16.0. The van der Waals surface area contributed by atoms with Crippen molar-refractivity contribution in [3.8, 4) is 0 Å². The first-order valence-electron chi connectivity index (χ1n) is 6.84. The van der Waals surface area contributed by atoms with Gasteiger partial charge in [-0.2, -0.15) is 0 Å². The number of nitrogens with one attached hydrogen (secondary N) is 1. The largest absolute Gasteiger partial charge is 0.375 e. The smallest absolute Gasteiger partial charge is 0.142 e. The number of likely N-dealkylation sites (N-methyl/N-ethyl adjacent to an activating group) is 1. The predicted molar refractivity (Wildman–Crippen MR) is 84.2 cm³/mol. The molecular formula is C17H19ClFNO. The molecule has 0 amide bonds. The van der Waals surface area contributed by atoms with Crippen molar-refractivity contribution < 1.29 is 9.13 Å². The fourth-order valence-electron chi connectivity index (χ4n) is 2.46. The highest BCUT2D eigenvalue weighted by Crippen LogP contribution is 2.24. The molecule has 2 nitrogen and oxygen atoms in total. The summed E-state index contributed by atoms with van der Waals surface area (Å²) in [5.41, 5.74) is 1.98. The minimum atomic E-state index is -0.391. The molecule has 2 aromatic rings. The van der Waals surface area contributed by atoms with E-state index in [0.717, 1.165) is 11.1 Å². The zero-order valence-corrected chi connectivity index (χ0v) is 12.9. The Balaban J connectivity index is 2.19. The normalized spacial score (nSPS) is 13.9. The maximum absolute atomic E-state index is 13.6. The molecule has 0 aromatic heterocycles. The van der Waals surface area contributed by atoms with Crippen molar-refractivity contribution in [1.82, 2.24) is 5.32 Å². The average molecular weight is 308 g/mol. The third-order valence-corrected chi connectivity index (χ3v) is 3.86. The van der Waals surface area contributed by atoms with Crippen LogP contribution in [0.1, 0.15) is 17.2 Å². The number of methoxy groups -OCH3 is 1. The highest BCUT2D eigenvalue weighted by molar-refractivity contribution is 6.30. The quantitative estimate of drug-likeness (QED) is 0.871. The number of halogens is 2. The molecule has 0 bridgehead atoms. The average Bonchev–Trinajstić information content (AvgIpc) is 2.51. The molecule has 1 N–H and O–H groups in total. The first-order chi connectivity index (χ1) is 10.2. The second kappa shape index (κ2) is 7.55. The van der Waals surface area contributed by atoms with Gasteiger partial charge in [0.25, 0.3) is 0 Å². The van der Waals surface area contributed by atoms with Crippen LogP contribution in [0.4, 0.5) is 4.39 Å². The van der Waals surface area contributed by atoms with Crippen molar-refractivity contribution in [3.05, 3.63) is 70.5 Å². The second-order valence-electron chi connectivity index (χ2n) is 4.91. The van der Waals surface area contributed by atoms with Gasteiger partial charge in [-0.25, -0.2) is 4.39 Å². The minimum Gasteiger partial charge on any atom is -0.375 e. The summed E-state index contributed by atoms with van der Waals surface area (Å²) < 4.78 is 19.2. The number of ether oxygens (including phenoxy) is 1. The van der Waals surface area contributed by atoms with Gasteiger partial charge in [-0.1, -0.05) is 48.0 Å². The molecule has 2 aromatic carbocycles. The number of hydrogen-bond acceptors (Lipinski definition) is 2. The molecule has 112 valence electrons. The lowest BCUT2D eigenvalue weighted by atomic mass is 9.96. The van der Waals surface area contributed by atoms with Crippen LogP contribution < -0.4 is 5.32 Å². The fraction of sp³-hybridized carbons (Fsp3) is 0.294. The van der Waals surface area contributed by atoms with E-state index in [9.17, 15) is 4.39 Å². The number of rotatable bonds is 6. The van der Waals surface area contributed by atoms with E-state index < -0.39 is 5.82 Å². The van der Waals surface area contributed by atoms with Crippen LogP contribution in [0.5, 0.6) is 0 Å². The fourth-order valence-corrected chi connectivity index (χ4v) is 2.57. The summed E-state index contributed by atoms with van der Waals surface area (Å²) in [4.78, 5) is 0. The predicted octanol–water partition coefficient (Wildman–Crippen LogP) is 4.00. The van der Waals surface area contributed by atoms with Crippen molar-refractivity contribution in [2.45, 2.75) is 18.6 Å². The first-order valence-corrected chi connectivity index (χ1v) is 7.22. The zero-order chi connectivity index (χ0) is 15.2. The minimum absolute atomic E-state index is 0.0398. The summed E-state index contributed by atoms with van der Waals surface area (Å²) in [5, 5.41) is 3.40. The molecule has 2 rings (SSSR count). The number of hydrogen-bond donors (Lipinski definition) is 1. The van der Waals surface area contributed by atoms with Gasteiger partial charge in [-0.05, 0) is 36.7 Å². The Kier molecular flexibility index (Phi) is 5.74. The molecular weight excluding hydrogens is 289 g/mol. The standard InChI is InChI=1S/C17H19ClFNO/c1-20-16(11-12-8-9-14(18)15(19)10-12)17(21-2)13-6-4-3-5-7-13/h3-10,16-17,20H,11H2,1-2H3. The monoisotopic (exact) mass is 307 g/mol. The Labute approximate surface area is 129 Å². The SMILES string of the molecule is CNC(Cc1ccc(Cl)c(F)c1)C(OC)c1ccccc1. The van der Waals surface area contributed by atoms with Gasteiger partial charge in [0.05, 0.1) is 11.1 Å². The Morgan fingerprint density at radius 2 is 1.90 bits per heavy atom. The van der Waals surface area contributed by atoms with Gasteiger partial charge >= 0.3 is 0 Å². The lowest BCUT2D eigenvalue weighted by Gasteiger charge is -2.26. The molecule has 0 saturated heterocycles. The van der Waals surface area contributed by atoms with Crippen LogP contribution in [-0.4, -0.2) is 20.2 Å². The molecule has 0 spiro atoms. The summed E-state index contributed by atoms with van der Waals surface area (Å²) in [5.74, 6) is -0.391. The summed E-state index contributed by atoms with van der Waals surface area (Å²) in [6.45, 7) is 0. The van der Waals surface area contributed by atoms with E-state index in [4.69, 9.17) is 16.3 Å². The van der Waals surface area contributed by atoms with Crippen LogP contribution in [-0.2, 0) is 11.2 Å². The highest BCUT2D eigenvalue weighted by Gasteiger charge is 2.22. The lowest BCUT2D eigenvalue weighted by Crippen LogP contribution is -2.35. The van der Waals surface area contributed by atoms with E-state index in [2.05, 4.69) is 5.32 Å². The molecule has 0 aliphatic rings. The van der Waals surface area contributed by atoms with E-state index in [0.29, 0.717) is 6.42 Å². The molecule has 0 radical (unpaired) electrons. The van der Waals surface area contributed by atoms with E-state index in [1.54, 1.807) is 13.2 Å². The molecule has 0 fully saturated rings. The van der Waals surface area contributed by atoms with Gasteiger partial charge in [0.1, 0.15) is 5.82 Å². The van der Waals surface area contributed by atoms with Crippen molar-refractivity contribution in [1.29, 1.82) is 0 Å². The summed E-state index contributed by atoms with van der Waals surface area (Å²) in [6, 6.07) is 14.9. The highest BCUT2D eigenvalue weighted by atomic mass is 35.5. The van der Waals surface area contributed by atoms with Gasteiger partial charge in [-0.3, -0.25) is 0 Å². The van der Waals surface area contributed by atoms with E-state index >= 15 is 0 Å². The van der Waals surface area contributed by atoms with Gasteiger partial charge in [0.2, 0.25) is 0 Å². The zero-order valence-electron chi connectivity index (χ0n) is 12.1. The van der Waals surface area contributed by atoms with Gasteiger partial charge in [0, 0.05) is 13.2 Å². The van der Waals surface area contributed by atoms with E-state index in [-0.39, 0.29) is 17.2 Å². The lowest BCUT2D eigenvalue weighted by molar-refractivity contribution is 0.0704. The summed E-state index contributed by atoms with van der Waals surface area (Å²) in [7, 11) is 3.57. The maximum Gasteiger partial charge on any atom is 0.142 e. The molecule has 0 aliphatic heterocycles. The van der Waals surface area contributed by atoms with E-state index in [1.807, 2.05) is 43.4 Å². The van der Waals surface area contributed by atoms with Crippen LogP contribution in [0.25, 0.3) is 0 Å². The molecule has 4 heteroatoms. The topological polar surface area (TPSA) is 21.3 Å². The van der Waals surface area contributed by atoms with Crippen LogP contribution in [0, 0.1) is 5.82 Å². The third kappa shape index (κ3) is 4.03. The Morgan fingerprint density at radius 3 is 2.48 bits per heavy atom. The van der Waals surface area contributed by atoms with Crippen molar-refractivity contribution in [2.75, 3.05) is 14.2 Å². The van der Waals surface area contributed by atoms with Crippen molar-refractivity contribution in [2.24, 2.45) is 0 Å². The molecule has 2 atom stereocenters. The Bertz CT molecular complexity index is 576. The Morgan fingerprint density at radius 1 is 1.19 bits per heavy atom.